The van der Waals surface area contributed by atoms with Crippen molar-refractivity contribution in [3.8, 4) is 73.3 Å². The number of para-hydroxylation sites is 8. The summed E-state index contributed by atoms with van der Waals surface area (Å²) in [5, 5.41) is 12.9. The molecule has 0 aliphatic heterocycles. The van der Waals surface area contributed by atoms with Crippen LogP contribution in [0.3, 0.4) is 0 Å². The number of rotatable bonds is 9. The van der Waals surface area contributed by atoms with Crippen molar-refractivity contribution in [1.29, 1.82) is 0 Å². The fourth-order valence-corrected chi connectivity index (χ4v) is 16.2. The van der Waals surface area contributed by atoms with E-state index in [0.717, 1.165) is 100 Å². The molecule has 0 aliphatic rings. The second-order valence-electron chi connectivity index (χ2n) is 26.1. The Morgan fingerprint density at radius 3 is 0.869 bits per heavy atom. The van der Waals surface area contributed by atoms with Gasteiger partial charge in [0.25, 0.3) is 0 Å². The second kappa shape index (κ2) is 21.6. The summed E-state index contributed by atoms with van der Waals surface area (Å²) in [6, 6.07) is 126. The van der Waals surface area contributed by atoms with Gasteiger partial charge in [-0.2, -0.15) is 0 Å². The number of benzene rings is 15. The van der Waals surface area contributed by atoms with Crippen molar-refractivity contribution in [3.63, 3.8) is 0 Å². The van der Waals surface area contributed by atoms with Crippen molar-refractivity contribution in [2.75, 3.05) is 0 Å². The Morgan fingerprint density at radius 2 is 0.465 bits per heavy atom. The van der Waals surface area contributed by atoms with Gasteiger partial charge >= 0.3 is 0 Å². The minimum atomic E-state index is 0.596. The van der Waals surface area contributed by atoms with Gasteiger partial charge < -0.3 is 18.3 Å². The third-order valence-corrected chi connectivity index (χ3v) is 20.7. The molecule has 460 valence electrons. The van der Waals surface area contributed by atoms with E-state index in [0.29, 0.717) is 5.95 Å². The molecule has 0 radical (unpaired) electrons. The molecule has 0 N–H and O–H groups in total. The average Bonchev–Trinajstić information content (AvgIpc) is 1.61. The van der Waals surface area contributed by atoms with Crippen LogP contribution in [0.15, 0.2) is 346 Å². The highest BCUT2D eigenvalue weighted by atomic mass is 15.2. The van der Waals surface area contributed by atoms with E-state index in [1.165, 1.54) is 87.3 Å². The van der Waals surface area contributed by atoms with Crippen LogP contribution in [0.4, 0.5) is 0 Å². The maximum absolute atomic E-state index is 5.82. The van der Waals surface area contributed by atoms with E-state index < -0.39 is 0 Å². The molecule has 0 aliphatic carbocycles. The van der Waals surface area contributed by atoms with Crippen LogP contribution < -0.4 is 0 Å². The van der Waals surface area contributed by atoms with Crippen LogP contribution in [0, 0.1) is 0 Å². The predicted molar refractivity (Wildman–Crippen MR) is 413 cm³/mol. The van der Waals surface area contributed by atoms with Crippen LogP contribution in [-0.2, 0) is 0 Å². The summed E-state index contributed by atoms with van der Waals surface area (Å²) >= 11 is 0. The standard InChI is InChI=1S/C92H57N7/c1-4-22-65(23-5-1)95-81-35-16-11-29-69(81)76-52-58(41-47-85(76)95)59-42-50-88-79(53-59)72-32-14-19-38-84(72)98(88)68-28-20-21-64(51-68)91-75-33-10-15-34-80(75)93-92(94-91)99-89-56-62(60-43-48-86-77(54-60)70-30-12-17-36-82(70)96(86)66-24-6-2-7-25-66)39-45-73(89)74-46-40-63(57-90(74)99)61-44-49-87-78(55-61)71-31-13-18-37-83(71)97(87)67-26-8-3-9-27-67/h1-57H. The minimum absolute atomic E-state index is 0.596. The van der Waals surface area contributed by atoms with Crippen molar-refractivity contribution in [1.82, 2.24) is 32.8 Å². The smallest absolute Gasteiger partial charge is 0.235 e. The molecule has 0 saturated carbocycles. The van der Waals surface area contributed by atoms with Gasteiger partial charge in [-0.1, -0.05) is 206 Å². The first kappa shape index (κ1) is 55.0. The molecular weight excluding hydrogens is 1200 g/mol. The van der Waals surface area contributed by atoms with Gasteiger partial charge in [0.15, 0.2) is 0 Å². The van der Waals surface area contributed by atoms with Crippen molar-refractivity contribution >= 4 is 120 Å². The van der Waals surface area contributed by atoms with E-state index in [9.17, 15) is 0 Å². The first-order chi connectivity index (χ1) is 49.1. The molecule has 0 saturated heterocycles. The third-order valence-electron chi connectivity index (χ3n) is 20.7. The summed E-state index contributed by atoms with van der Waals surface area (Å²) in [4.78, 5) is 11.4. The highest BCUT2D eigenvalue weighted by Gasteiger charge is 2.23. The van der Waals surface area contributed by atoms with Crippen molar-refractivity contribution < 1.29 is 0 Å². The van der Waals surface area contributed by atoms with Crippen LogP contribution in [0.5, 0.6) is 0 Å². The van der Waals surface area contributed by atoms with Gasteiger partial charge in [0.1, 0.15) is 0 Å². The zero-order chi connectivity index (χ0) is 64.8. The van der Waals surface area contributed by atoms with Crippen LogP contribution >= 0.6 is 0 Å². The molecule has 0 spiro atoms. The zero-order valence-corrected chi connectivity index (χ0v) is 53.5. The van der Waals surface area contributed by atoms with E-state index >= 15 is 0 Å². The molecule has 6 aromatic heterocycles. The van der Waals surface area contributed by atoms with Crippen molar-refractivity contribution in [2.45, 2.75) is 0 Å². The molecule has 15 aromatic carbocycles. The van der Waals surface area contributed by atoms with Gasteiger partial charge in [0.05, 0.1) is 66.4 Å². The Labute approximate surface area is 568 Å². The Hall–Kier alpha value is -13.4. The largest absolute Gasteiger partial charge is 0.309 e. The first-order valence-corrected chi connectivity index (χ1v) is 33.9. The fourth-order valence-electron chi connectivity index (χ4n) is 16.2. The van der Waals surface area contributed by atoms with Gasteiger partial charge in [0.2, 0.25) is 5.95 Å². The molecule has 0 unspecified atom stereocenters. The van der Waals surface area contributed by atoms with E-state index in [1.54, 1.807) is 0 Å². The summed E-state index contributed by atoms with van der Waals surface area (Å²) in [5.74, 6) is 0.596. The normalized spacial score (nSPS) is 12.0. The second-order valence-corrected chi connectivity index (χ2v) is 26.1. The summed E-state index contributed by atoms with van der Waals surface area (Å²) in [7, 11) is 0. The first-order valence-electron chi connectivity index (χ1n) is 33.9. The molecule has 21 aromatic rings. The highest BCUT2D eigenvalue weighted by Crippen LogP contribution is 2.44. The monoisotopic (exact) mass is 1260 g/mol. The molecule has 21 rings (SSSR count). The molecule has 99 heavy (non-hydrogen) atoms. The van der Waals surface area contributed by atoms with Gasteiger partial charge in [-0.05, 0) is 173 Å². The van der Waals surface area contributed by atoms with E-state index in [-0.39, 0.29) is 0 Å². The molecule has 7 nitrogen and oxygen atoms in total. The maximum atomic E-state index is 5.82. The molecule has 7 heteroatoms. The zero-order valence-electron chi connectivity index (χ0n) is 53.5. The number of aromatic nitrogens is 7. The molecule has 6 heterocycles. The fraction of sp³-hybridized carbons (Fsp3) is 0. The lowest BCUT2D eigenvalue weighted by Crippen LogP contribution is -2.04. The predicted octanol–water partition coefficient (Wildman–Crippen LogP) is 23.8. The molecule has 0 bridgehead atoms. The van der Waals surface area contributed by atoms with E-state index in [1.807, 2.05) is 0 Å². The lowest BCUT2D eigenvalue weighted by Gasteiger charge is -2.14. The van der Waals surface area contributed by atoms with E-state index in [4.69, 9.17) is 9.97 Å². The van der Waals surface area contributed by atoms with Crippen molar-refractivity contribution in [2.24, 2.45) is 0 Å². The molecule has 0 atom stereocenters. The number of hydrogen-bond donors (Lipinski definition) is 0. The summed E-state index contributed by atoms with van der Waals surface area (Å²) in [6.07, 6.45) is 0. The number of nitrogens with zero attached hydrogens (tertiary/aromatic N) is 7. The van der Waals surface area contributed by atoms with Crippen LogP contribution in [-0.4, -0.2) is 32.8 Å². The Balaban J connectivity index is 0.736. The number of hydrogen-bond acceptors (Lipinski definition) is 2. The maximum Gasteiger partial charge on any atom is 0.235 e. The summed E-state index contributed by atoms with van der Waals surface area (Å²) in [5.41, 5.74) is 25.4. The Kier molecular flexibility index (Phi) is 12.0. The van der Waals surface area contributed by atoms with Crippen LogP contribution in [0.1, 0.15) is 0 Å². The van der Waals surface area contributed by atoms with Crippen LogP contribution in [0.2, 0.25) is 0 Å². The molecule has 0 fully saturated rings. The molecule has 0 amide bonds. The average molecular weight is 1260 g/mol. The van der Waals surface area contributed by atoms with Gasteiger partial charge in [0, 0.05) is 87.6 Å². The van der Waals surface area contributed by atoms with Gasteiger partial charge in [-0.3, -0.25) is 4.57 Å². The van der Waals surface area contributed by atoms with Crippen molar-refractivity contribution in [3.05, 3.63) is 346 Å². The minimum Gasteiger partial charge on any atom is -0.309 e. The topological polar surface area (TPSA) is 50.4 Å². The lowest BCUT2D eigenvalue weighted by atomic mass is 10.00. The highest BCUT2D eigenvalue weighted by molar-refractivity contribution is 6.16. The Bertz CT molecular complexity index is 6690. The lowest BCUT2D eigenvalue weighted by molar-refractivity contribution is 1.01. The Morgan fingerprint density at radius 1 is 0.162 bits per heavy atom. The number of fused-ring (bicyclic) bond motifs is 16. The quantitative estimate of drug-likeness (QED) is 0.145. The summed E-state index contributed by atoms with van der Waals surface area (Å²) < 4.78 is 11.9. The van der Waals surface area contributed by atoms with Gasteiger partial charge in [-0.25, -0.2) is 9.97 Å². The summed E-state index contributed by atoms with van der Waals surface area (Å²) in [6.45, 7) is 0. The van der Waals surface area contributed by atoms with Gasteiger partial charge in [-0.15, -0.1) is 0 Å². The third kappa shape index (κ3) is 8.44. The van der Waals surface area contributed by atoms with Crippen LogP contribution in [0.25, 0.3) is 193 Å². The SMILES string of the molecule is c1ccc(-n2c3ccccc3c3cc(-c4ccc5c(c4)c4ccccc4n5-c4cccc(-c5nc(-n6c7cc(-c8ccc9c(c8)c8ccccc8n9-c8ccccc8)ccc7c7ccc(-c8ccc9c(c8)c8ccccc8n9-c8ccccc8)cc76)nc6ccccc56)c4)ccc32)cc1. The molecular formula is C92H57N7. The van der Waals surface area contributed by atoms with E-state index in [2.05, 4.69) is 369 Å².